The van der Waals surface area contributed by atoms with Crippen LogP contribution in [-0.4, -0.2) is 101 Å². The number of hydrogen-bond acceptors (Lipinski definition) is 8. The molecule has 0 aliphatic carbocycles. The number of ether oxygens (including phenoxy) is 1. The Hall–Kier alpha value is -1.46. The molecule has 11 heteroatoms. The fourth-order valence-electron chi connectivity index (χ4n) is 1.66. The lowest BCUT2D eigenvalue weighted by Crippen LogP contribution is -2.50. The summed E-state index contributed by atoms with van der Waals surface area (Å²) in [5, 5.41) is 50.0. The average Bonchev–Trinajstić information content (AvgIpc) is 2.55. The first-order valence-electron chi connectivity index (χ1n) is 7.00. The van der Waals surface area contributed by atoms with E-state index >= 15 is 0 Å². The largest absolute Gasteiger partial charge is 0.394 e. The zero-order chi connectivity index (χ0) is 17.8. The number of carbonyl (C=O) groups is 1. The number of hydrogen-bond donors (Lipinski definition) is 5. The van der Waals surface area contributed by atoms with Crippen molar-refractivity contribution in [1.82, 2.24) is 4.90 Å². The van der Waals surface area contributed by atoms with Gasteiger partial charge in [0.05, 0.1) is 26.2 Å². The van der Waals surface area contributed by atoms with Gasteiger partial charge in [-0.3, -0.25) is 4.79 Å². The lowest BCUT2D eigenvalue weighted by atomic mass is 10.0. The topological polar surface area (TPSA) is 179 Å². The zero-order valence-electron chi connectivity index (χ0n) is 12.9. The molecule has 0 radical (unpaired) electrons. The lowest BCUT2D eigenvalue weighted by Gasteiger charge is -2.28. The van der Waals surface area contributed by atoms with Crippen LogP contribution in [0.5, 0.6) is 0 Å². The van der Waals surface area contributed by atoms with Gasteiger partial charge in [0.1, 0.15) is 24.4 Å². The Morgan fingerprint density at radius 2 is 1.83 bits per heavy atom. The second-order valence-electron chi connectivity index (χ2n) is 4.89. The molecular weight excluding hydrogens is 312 g/mol. The minimum Gasteiger partial charge on any atom is -0.394 e. The van der Waals surface area contributed by atoms with E-state index in [1.54, 1.807) is 0 Å². The molecule has 0 heterocycles. The minimum absolute atomic E-state index is 0.0252. The van der Waals surface area contributed by atoms with Crippen LogP contribution < -0.4 is 0 Å². The molecule has 0 saturated heterocycles. The Morgan fingerprint density at radius 1 is 1.22 bits per heavy atom. The summed E-state index contributed by atoms with van der Waals surface area (Å²) in [6.07, 6.45) is -6.51. The molecule has 0 rings (SSSR count). The predicted molar refractivity (Wildman–Crippen MR) is 78.2 cm³/mol. The van der Waals surface area contributed by atoms with Crippen LogP contribution in [0.25, 0.3) is 10.4 Å². The molecule has 0 aliphatic heterocycles. The number of rotatable bonds is 12. The van der Waals surface area contributed by atoms with E-state index in [2.05, 4.69) is 10.0 Å². The monoisotopic (exact) mass is 336 g/mol. The van der Waals surface area contributed by atoms with Gasteiger partial charge in [-0.1, -0.05) is 5.11 Å². The summed E-state index contributed by atoms with van der Waals surface area (Å²) in [5.74, 6) is -0.364. The van der Waals surface area contributed by atoms with Gasteiger partial charge in [-0.15, -0.1) is 0 Å². The summed E-state index contributed by atoms with van der Waals surface area (Å²) < 4.78 is 5.07. The van der Waals surface area contributed by atoms with Gasteiger partial charge in [-0.25, -0.2) is 0 Å². The van der Waals surface area contributed by atoms with Crippen LogP contribution in [0.4, 0.5) is 0 Å². The highest BCUT2D eigenvalue weighted by Gasteiger charge is 2.31. The quantitative estimate of drug-likeness (QED) is 0.114. The van der Waals surface area contributed by atoms with Crippen LogP contribution in [0.2, 0.25) is 0 Å². The van der Waals surface area contributed by atoms with Crippen molar-refractivity contribution in [2.75, 3.05) is 40.0 Å². The summed E-state index contributed by atoms with van der Waals surface area (Å²) >= 11 is 0. The van der Waals surface area contributed by atoms with Crippen LogP contribution in [0.3, 0.4) is 0 Å². The van der Waals surface area contributed by atoms with E-state index in [0.29, 0.717) is 0 Å². The Kier molecular flexibility index (Phi) is 11.3. The van der Waals surface area contributed by atoms with Gasteiger partial charge < -0.3 is 35.2 Å². The van der Waals surface area contributed by atoms with Crippen LogP contribution in [0, 0.1) is 0 Å². The second-order valence-corrected chi connectivity index (χ2v) is 4.89. The maximum absolute atomic E-state index is 11.8. The van der Waals surface area contributed by atoms with Crippen molar-refractivity contribution in [2.45, 2.75) is 30.8 Å². The third kappa shape index (κ3) is 8.67. The average molecular weight is 336 g/mol. The first-order chi connectivity index (χ1) is 10.8. The normalized spacial score (nSPS) is 16.1. The van der Waals surface area contributed by atoms with Gasteiger partial charge in [0.25, 0.3) is 0 Å². The molecule has 4 atom stereocenters. The molecule has 0 spiro atoms. The van der Waals surface area contributed by atoms with Gasteiger partial charge in [0.2, 0.25) is 5.91 Å². The maximum atomic E-state index is 11.8. The number of aliphatic hydroxyl groups is 5. The van der Waals surface area contributed by atoms with Crippen molar-refractivity contribution in [3.8, 4) is 0 Å². The van der Waals surface area contributed by atoms with E-state index < -0.39 is 31.0 Å². The molecule has 0 bridgehead atoms. The third-order valence-corrected chi connectivity index (χ3v) is 3.07. The highest BCUT2D eigenvalue weighted by atomic mass is 16.5. The number of aliphatic hydroxyl groups excluding tert-OH is 5. The summed E-state index contributed by atoms with van der Waals surface area (Å²) in [6.45, 7) is -0.584. The predicted octanol–water partition coefficient (Wildman–Crippen LogP) is -2.40. The van der Waals surface area contributed by atoms with Crippen LogP contribution >= 0.6 is 0 Å². The molecule has 0 saturated carbocycles. The van der Waals surface area contributed by atoms with Crippen molar-refractivity contribution in [2.24, 2.45) is 5.11 Å². The van der Waals surface area contributed by atoms with Crippen molar-refractivity contribution in [1.29, 1.82) is 0 Å². The zero-order valence-corrected chi connectivity index (χ0v) is 12.9. The Bertz CT molecular complexity index is 392. The smallest absolute Gasteiger partial charge is 0.224 e. The molecule has 0 fully saturated rings. The number of nitrogens with zero attached hydrogens (tertiary/aromatic N) is 4. The summed E-state index contributed by atoms with van der Waals surface area (Å²) in [7, 11) is 1.40. The molecule has 0 aromatic carbocycles. The van der Waals surface area contributed by atoms with Crippen molar-refractivity contribution in [3.63, 3.8) is 0 Å². The van der Waals surface area contributed by atoms with Gasteiger partial charge in [-0.05, 0) is 5.53 Å². The fraction of sp³-hybridized carbons (Fsp3) is 0.917. The van der Waals surface area contributed by atoms with Crippen molar-refractivity contribution in [3.05, 3.63) is 10.4 Å². The number of carbonyl (C=O) groups excluding carboxylic acids is 1. The van der Waals surface area contributed by atoms with E-state index in [1.165, 1.54) is 7.05 Å². The molecule has 0 aromatic heterocycles. The van der Waals surface area contributed by atoms with Crippen LogP contribution in [0.15, 0.2) is 5.11 Å². The Morgan fingerprint density at radius 3 is 2.39 bits per heavy atom. The first kappa shape index (κ1) is 21.5. The third-order valence-electron chi connectivity index (χ3n) is 3.07. The standard InChI is InChI=1S/C12H24N4O7/c1-16(10(20)2-4-23-5-3-14-15-13)6-8(18)11(21)12(22)9(19)7-17/h8-9,11-12,17-19,21-22H,2-7H2,1H3/t8-,9+,11+,12+/m0/s1. The van der Waals surface area contributed by atoms with E-state index in [-0.39, 0.29) is 38.6 Å². The molecule has 11 nitrogen and oxygen atoms in total. The highest BCUT2D eigenvalue weighted by molar-refractivity contribution is 5.75. The molecule has 0 aliphatic rings. The van der Waals surface area contributed by atoms with E-state index in [4.69, 9.17) is 15.4 Å². The van der Waals surface area contributed by atoms with Gasteiger partial charge in [0.15, 0.2) is 0 Å². The van der Waals surface area contributed by atoms with Crippen LogP contribution in [-0.2, 0) is 9.53 Å². The van der Waals surface area contributed by atoms with E-state index in [1.807, 2.05) is 0 Å². The molecule has 23 heavy (non-hydrogen) atoms. The number of azide groups is 1. The molecule has 5 N–H and O–H groups in total. The Labute approximate surface area is 133 Å². The summed E-state index contributed by atoms with van der Waals surface area (Å²) in [4.78, 5) is 15.5. The molecular formula is C12H24N4O7. The van der Waals surface area contributed by atoms with E-state index in [0.717, 1.165) is 4.90 Å². The molecule has 1 amide bonds. The maximum Gasteiger partial charge on any atom is 0.224 e. The summed E-state index contributed by atoms with van der Waals surface area (Å²) in [5.41, 5.74) is 8.05. The van der Waals surface area contributed by atoms with Crippen molar-refractivity contribution >= 4 is 5.91 Å². The highest BCUT2D eigenvalue weighted by Crippen LogP contribution is 2.07. The summed E-state index contributed by atoms with van der Waals surface area (Å²) in [6, 6.07) is 0. The first-order valence-corrected chi connectivity index (χ1v) is 7.00. The molecule has 134 valence electrons. The van der Waals surface area contributed by atoms with Crippen LogP contribution in [0.1, 0.15) is 6.42 Å². The Balaban J connectivity index is 4.12. The second kappa shape index (κ2) is 12.0. The van der Waals surface area contributed by atoms with Gasteiger partial charge >= 0.3 is 0 Å². The number of amides is 1. The van der Waals surface area contributed by atoms with Crippen molar-refractivity contribution < 1.29 is 35.1 Å². The fourth-order valence-corrected chi connectivity index (χ4v) is 1.66. The SMILES string of the molecule is CN(C[C@H](O)[C@@H](O)[C@H](O)[C@H](O)CO)C(=O)CCOCCN=[N+]=[N-]. The molecule has 0 aromatic rings. The van der Waals surface area contributed by atoms with Gasteiger partial charge in [-0.2, -0.15) is 0 Å². The lowest BCUT2D eigenvalue weighted by molar-refractivity contribution is -0.138. The van der Waals surface area contributed by atoms with E-state index in [9.17, 15) is 25.2 Å². The number of likely N-dealkylation sites (N-methyl/N-ethyl adjacent to an activating group) is 1. The minimum atomic E-state index is -1.73. The molecule has 0 unspecified atom stereocenters. The van der Waals surface area contributed by atoms with Gasteiger partial charge in [0, 0.05) is 25.0 Å².